The molecule has 154 valence electrons. The van der Waals surface area contributed by atoms with Crippen LogP contribution in [0.1, 0.15) is 59.6 Å². The number of nitrogens with zero attached hydrogens (tertiary/aromatic N) is 5. The largest absolute Gasteiger partial charge is 0.384 e. The molecule has 4 rings (SSSR count). The number of hydrogen-bond acceptors (Lipinski definition) is 5. The first-order valence-electron chi connectivity index (χ1n) is 10.2. The molecule has 4 heterocycles. The minimum Gasteiger partial charge on any atom is -0.384 e. The Hall–Kier alpha value is -3.48. The number of allylic oxidation sites excluding steroid dienone is 1. The molecule has 7 heteroatoms. The molecule has 1 amide bonds. The molecule has 0 saturated carbocycles. The number of hydrogen-bond donors (Lipinski definition) is 1. The fourth-order valence-electron chi connectivity index (χ4n) is 3.94. The van der Waals surface area contributed by atoms with Crippen molar-refractivity contribution in [2.75, 3.05) is 6.54 Å². The normalized spacial score (nSPS) is 14.7. The van der Waals surface area contributed by atoms with Crippen molar-refractivity contribution in [2.45, 2.75) is 40.3 Å². The van der Waals surface area contributed by atoms with Gasteiger partial charge in [0.05, 0.1) is 17.4 Å². The van der Waals surface area contributed by atoms with Crippen molar-refractivity contribution in [3.8, 4) is 5.82 Å². The first kappa shape index (κ1) is 19.8. The van der Waals surface area contributed by atoms with Gasteiger partial charge in [0.1, 0.15) is 0 Å². The average Bonchev–Trinajstić information content (AvgIpc) is 3.40. The van der Waals surface area contributed by atoms with Crippen molar-refractivity contribution in [3.63, 3.8) is 0 Å². The Bertz CT molecular complexity index is 1100. The first-order chi connectivity index (χ1) is 14.5. The van der Waals surface area contributed by atoms with Gasteiger partial charge in [-0.3, -0.25) is 9.78 Å². The van der Waals surface area contributed by atoms with E-state index in [4.69, 9.17) is 0 Å². The molecule has 0 spiro atoms. The summed E-state index contributed by atoms with van der Waals surface area (Å²) in [6.45, 7) is 9.41. The number of fused-ring (bicyclic) bond motifs is 1. The SMILES string of the molecule is CC=C(NCC)c1nccc2c1CN(C(C)c1cnc(-n3cccn3)c(C)c1)C2=O. The molecule has 1 atom stereocenters. The van der Waals surface area contributed by atoms with Gasteiger partial charge in [-0.05, 0) is 57.0 Å². The van der Waals surface area contributed by atoms with E-state index in [2.05, 4.69) is 33.4 Å². The molecular weight excluding hydrogens is 376 g/mol. The van der Waals surface area contributed by atoms with Crippen molar-refractivity contribution < 1.29 is 4.79 Å². The second-order valence-electron chi connectivity index (χ2n) is 7.39. The van der Waals surface area contributed by atoms with E-state index < -0.39 is 0 Å². The van der Waals surface area contributed by atoms with Gasteiger partial charge in [-0.25, -0.2) is 9.67 Å². The number of pyridine rings is 2. The summed E-state index contributed by atoms with van der Waals surface area (Å²) >= 11 is 0. The monoisotopic (exact) mass is 402 g/mol. The van der Waals surface area contributed by atoms with E-state index in [-0.39, 0.29) is 11.9 Å². The number of aryl methyl sites for hydroxylation is 1. The summed E-state index contributed by atoms with van der Waals surface area (Å²) in [5.41, 5.74) is 5.51. The minimum atomic E-state index is -0.108. The number of aromatic nitrogens is 4. The Labute approximate surface area is 176 Å². The molecular formula is C23H26N6O. The summed E-state index contributed by atoms with van der Waals surface area (Å²) < 4.78 is 1.75. The summed E-state index contributed by atoms with van der Waals surface area (Å²) in [6.07, 6.45) is 9.16. The highest BCUT2D eigenvalue weighted by Crippen LogP contribution is 2.34. The van der Waals surface area contributed by atoms with Crippen molar-refractivity contribution in [2.24, 2.45) is 0 Å². The van der Waals surface area contributed by atoms with Gasteiger partial charge >= 0.3 is 0 Å². The molecule has 0 saturated heterocycles. The maximum Gasteiger partial charge on any atom is 0.255 e. The van der Waals surface area contributed by atoms with Gasteiger partial charge in [-0.2, -0.15) is 5.10 Å². The van der Waals surface area contributed by atoms with E-state index in [9.17, 15) is 4.79 Å². The Kier molecular flexibility index (Phi) is 5.35. The minimum absolute atomic E-state index is 0.0295. The maximum atomic E-state index is 13.2. The van der Waals surface area contributed by atoms with E-state index in [0.29, 0.717) is 6.54 Å². The molecule has 1 aliphatic rings. The number of amides is 1. The van der Waals surface area contributed by atoms with E-state index >= 15 is 0 Å². The zero-order valence-electron chi connectivity index (χ0n) is 17.8. The summed E-state index contributed by atoms with van der Waals surface area (Å²) in [5, 5.41) is 7.61. The third kappa shape index (κ3) is 3.36. The molecule has 0 bridgehead atoms. The molecule has 1 unspecified atom stereocenters. The molecule has 7 nitrogen and oxygen atoms in total. The number of carbonyl (C=O) groups is 1. The topological polar surface area (TPSA) is 75.9 Å². The van der Waals surface area contributed by atoms with Crippen LogP contribution in [0, 0.1) is 6.92 Å². The highest BCUT2D eigenvalue weighted by atomic mass is 16.2. The molecule has 0 aliphatic carbocycles. The fraction of sp³-hybridized carbons (Fsp3) is 0.304. The Morgan fingerprint density at radius 2 is 2.17 bits per heavy atom. The second-order valence-corrected chi connectivity index (χ2v) is 7.39. The third-order valence-electron chi connectivity index (χ3n) is 5.53. The quantitative estimate of drug-likeness (QED) is 0.681. The van der Waals surface area contributed by atoms with Crippen LogP contribution in [0.4, 0.5) is 0 Å². The first-order valence-corrected chi connectivity index (χ1v) is 10.2. The predicted molar refractivity (Wildman–Crippen MR) is 116 cm³/mol. The van der Waals surface area contributed by atoms with Crippen LogP contribution >= 0.6 is 0 Å². The molecule has 0 aromatic carbocycles. The lowest BCUT2D eigenvalue weighted by Crippen LogP contribution is -2.27. The number of nitrogens with one attached hydrogen (secondary N) is 1. The fourth-order valence-corrected chi connectivity index (χ4v) is 3.94. The van der Waals surface area contributed by atoms with Gasteiger partial charge in [0.2, 0.25) is 0 Å². The molecule has 3 aromatic rings. The van der Waals surface area contributed by atoms with Crippen molar-refractivity contribution in [1.82, 2.24) is 30.0 Å². The molecule has 0 fully saturated rings. The van der Waals surface area contributed by atoms with Gasteiger partial charge in [0.25, 0.3) is 5.91 Å². The maximum absolute atomic E-state index is 13.2. The van der Waals surface area contributed by atoms with Gasteiger partial charge in [-0.1, -0.05) is 6.08 Å². The Morgan fingerprint density at radius 1 is 1.33 bits per heavy atom. The summed E-state index contributed by atoms with van der Waals surface area (Å²) in [7, 11) is 0. The van der Waals surface area contributed by atoms with Gasteiger partial charge in [0, 0.05) is 49.0 Å². The second kappa shape index (κ2) is 8.10. The van der Waals surface area contributed by atoms with E-state index in [1.54, 1.807) is 17.1 Å². The molecule has 3 aromatic heterocycles. The van der Waals surface area contributed by atoms with Gasteiger partial charge in [0.15, 0.2) is 5.82 Å². The van der Waals surface area contributed by atoms with Crippen LogP contribution in [0.3, 0.4) is 0 Å². The van der Waals surface area contributed by atoms with Crippen LogP contribution in [0.5, 0.6) is 0 Å². The average molecular weight is 403 g/mol. The van der Waals surface area contributed by atoms with E-state index in [1.165, 1.54) is 0 Å². The lowest BCUT2D eigenvalue weighted by atomic mass is 10.1. The van der Waals surface area contributed by atoms with Crippen LogP contribution < -0.4 is 5.32 Å². The van der Waals surface area contributed by atoms with Gasteiger partial charge < -0.3 is 10.2 Å². The summed E-state index contributed by atoms with van der Waals surface area (Å²) in [4.78, 5) is 24.2. The highest BCUT2D eigenvalue weighted by Gasteiger charge is 2.34. The molecule has 0 radical (unpaired) electrons. The zero-order chi connectivity index (χ0) is 21.3. The van der Waals surface area contributed by atoms with Crippen LogP contribution in [0.15, 0.2) is 49.1 Å². The van der Waals surface area contributed by atoms with Crippen LogP contribution in [-0.4, -0.2) is 37.1 Å². The lowest BCUT2D eigenvalue weighted by molar-refractivity contribution is 0.0715. The van der Waals surface area contributed by atoms with Gasteiger partial charge in [-0.15, -0.1) is 0 Å². The molecule has 1 aliphatic heterocycles. The smallest absolute Gasteiger partial charge is 0.255 e. The Balaban J connectivity index is 1.64. The van der Waals surface area contributed by atoms with Crippen molar-refractivity contribution in [3.05, 3.63) is 77.0 Å². The number of rotatable bonds is 6. The van der Waals surface area contributed by atoms with Crippen molar-refractivity contribution in [1.29, 1.82) is 0 Å². The van der Waals surface area contributed by atoms with E-state index in [0.717, 1.165) is 46.0 Å². The van der Waals surface area contributed by atoms with E-state index in [1.807, 2.05) is 56.3 Å². The summed E-state index contributed by atoms with van der Waals surface area (Å²) in [5.74, 6) is 0.823. The standard InChI is InChI=1S/C23H26N6O/c1-5-20(24-6-2)21-19-14-28(23(30)18(19)8-10-25-21)16(4)17-12-15(3)22(26-13-17)29-11-7-9-27-29/h5,7-13,16,24H,6,14H2,1-4H3. The Morgan fingerprint density at radius 3 is 2.83 bits per heavy atom. The highest BCUT2D eigenvalue weighted by molar-refractivity contribution is 5.99. The molecule has 30 heavy (non-hydrogen) atoms. The van der Waals surface area contributed by atoms with Crippen LogP contribution in [0.2, 0.25) is 0 Å². The third-order valence-corrected chi connectivity index (χ3v) is 5.53. The number of carbonyl (C=O) groups excluding carboxylic acids is 1. The van der Waals surface area contributed by atoms with Crippen molar-refractivity contribution >= 4 is 11.6 Å². The molecule has 1 N–H and O–H groups in total. The zero-order valence-corrected chi connectivity index (χ0v) is 17.8. The lowest BCUT2D eigenvalue weighted by Gasteiger charge is -2.25. The van der Waals surface area contributed by atoms with Crippen LogP contribution in [0.25, 0.3) is 11.5 Å². The predicted octanol–water partition coefficient (Wildman–Crippen LogP) is 3.66. The summed E-state index contributed by atoms with van der Waals surface area (Å²) in [6, 6.07) is 5.66. The van der Waals surface area contributed by atoms with Crippen LogP contribution in [-0.2, 0) is 6.54 Å².